The highest BCUT2D eigenvalue weighted by Crippen LogP contribution is 2.32. The van der Waals surface area contributed by atoms with Gasteiger partial charge in [0.05, 0.1) is 6.61 Å². The zero-order valence-corrected chi connectivity index (χ0v) is 19.1. The van der Waals surface area contributed by atoms with Crippen molar-refractivity contribution < 1.29 is 4.74 Å². The lowest BCUT2D eigenvalue weighted by Crippen LogP contribution is -2.17. The van der Waals surface area contributed by atoms with Gasteiger partial charge in [-0.05, 0) is 67.3 Å². The molecule has 0 radical (unpaired) electrons. The molecule has 1 fully saturated rings. The molecule has 2 aromatic rings. The quantitative estimate of drug-likeness (QED) is 0.338. The van der Waals surface area contributed by atoms with Crippen LogP contribution in [-0.2, 0) is 6.42 Å². The van der Waals surface area contributed by atoms with E-state index >= 15 is 0 Å². The van der Waals surface area contributed by atoms with E-state index in [1.165, 1.54) is 69.8 Å². The summed E-state index contributed by atoms with van der Waals surface area (Å²) in [7, 11) is 0. The van der Waals surface area contributed by atoms with E-state index < -0.39 is 0 Å². The highest BCUT2D eigenvalue weighted by molar-refractivity contribution is 5.55. The maximum Gasteiger partial charge on any atom is 0.159 e. The van der Waals surface area contributed by atoms with Gasteiger partial charge in [-0.15, -0.1) is 0 Å². The number of ether oxygens (including phenoxy) is 1. The Kier molecular flexibility index (Phi) is 9.66. The fourth-order valence-corrected chi connectivity index (χ4v) is 4.62. The van der Waals surface area contributed by atoms with Crippen LogP contribution in [0.4, 0.5) is 0 Å². The van der Waals surface area contributed by atoms with Crippen LogP contribution in [0.25, 0.3) is 11.4 Å². The van der Waals surface area contributed by atoms with E-state index in [9.17, 15) is 0 Å². The molecule has 1 aromatic carbocycles. The summed E-state index contributed by atoms with van der Waals surface area (Å²) in [6.45, 7) is 5.49. The van der Waals surface area contributed by atoms with Crippen LogP contribution >= 0.6 is 0 Å². The van der Waals surface area contributed by atoms with Crippen LogP contribution in [0.1, 0.15) is 90.0 Å². The van der Waals surface area contributed by atoms with Crippen molar-refractivity contribution in [2.24, 2.45) is 11.8 Å². The lowest BCUT2D eigenvalue weighted by atomic mass is 9.78. The summed E-state index contributed by atoms with van der Waals surface area (Å²) in [4.78, 5) is 9.15. The smallest absolute Gasteiger partial charge is 0.159 e. The Hall–Kier alpha value is -1.90. The molecule has 3 heteroatoms. The molecule has 0 saturated heterocycles. The van der Waals surface area contributed by atoms with Crippen LogP contribution in [0.3, 0.4) is 0 Å². The van der Waals surface area contributed by atoms with Crippen LogP contribution in [0.5, 0.6) is 5.75 Å². The molecular weight excluding hydrogens is 368 g/mol. The van der Waals surface area contributed by atoms with Crippen LogP contribution in [0.15, 0.2) is 36.7 Å². The fourth-order valence-electron chi connectivity index (χ4n) is 4.62. The van der Waals surface area contributed by atoms with Gasteiger partial charge >= 0.3 is 0 Å². The van der Waals surface area contributed by atoms with E-state index in [0.29, 0.717) is 0 Å². The third-order valence-electron chi connectivity index (χ3n) is 6.66. The second-order valence-electron chi connectivity index (χ2n) is 9.12. The van der Waals surface area contributed by atoms with E-state index in [1.807, 2.05) is 24.5 Å². The maximum atomic E-state index is 5.97. The van der Waals surface area contributed by atoms with Crippen LogP contribution in [0, 0.1) is 11.8 Å². The molecule has 0 amide bonds. The molecule has 30 heavy (non-hydrogen) atoms. The summed E-state index contributed by atoms with van der Waals surface area (Å²) in [6, 6.07) is 8.23. The first-order valence-electron chi connectivity index (χ1n) is 12.3. The number of hydrogen-bond acceptors (Lipinski definition) is 3. The molecule has 0 N–H and O–H groups in total. The lowest BCUT2D eigenvalue weighted by molar-refractivity contribution is 0.217. The van der Waals surface area contributed by atoms with Crippen molar-refractivity contribution in [2.45, 2.75) is 90.9 Å². The summed E-state index contributed by atoms with van der Waals surface area (Å²) >= 11 is 0. The minimum absolute atomic E-state index is 0.794. The van der Waals surface area contributed by atoms with Crippen LogP contribution in [-0.4, -0.2) is 16.6 Å². The number of hydrogen-bond donors (Lipinski definition) is 0. The van der Waals surface area contributed by atoms with Crippen molar-refractivity contribution in [1.29, 1.82) is 0 Å². The zero-order valence-electron chi connectivity index (χ0n) is 19.1. The molecule has 1 aliphatic carbocycles. The highest BCUT2D eigenvalue weighted by atomic mass is 16.5. The Balaban J connectivity index is 1.39. The van der Waals surface area contributed by atoms with Crippen molar-refractivity contribution in [1.82, 2.24) is 9.97 Å². The van der Waals surface area contributed by atoms with Gasteiger partial charge < -0.3 is 4.74 Å². The van der Waals surface area contributed by atoms with Crippen LogP contribution in [0.2, 0.25) is 0 Å². The van der Waals surface area contributed by atoms with Gasteiger partial charge in [-0.1, -0.05) is 65.2 Å². The molecule has 2 atom stereocenters. The average Bonchev–Trinajstić information content (AvgIpc) is 2.79. The molecule has 1 heterocycles. The van der Waals surface area contributed by atoms with Crippen molar-refractivity contribution in [3.05, 3.63) is 42.2 Å². The molecule has 0 bridgehead atoms. The number of benzene rings is 1. The van der Waals surface area contributed by atoms with Crippen molar-refractivity contribution >= 4 is 0 Å². The predicted octanol–water partition coefficient (Wildman–Crippen LogP) is 7.64. The Bertz CT molecular complexity index is 711. The predicted molar refractivity (Wildman–Crippen MR) is 126 cm³/mol. The second kappa shape index (κ2) is 12.7. The molecule has 1 aromatic heterocycles. The SMILES string of the molecule is CCCCCCCc1cnc(-c2ccc(OCCCC3CCCCC3C)cc2)nc1. The minimum atomic E-state index is 0.794. The molecule has 164 valence electrons. The summed E-state index contributed by atoms with van der Waals surface area (Å²) < 4.78 is 5.97. The van der Waals surface area contributed by atoms with Gasteiger partial charge in [0.25, 0.3) is 0 Å². The summed E-state index contributed by atoms with van der Waals surface area (Å²) in [6.07, 6.45) is 19.7. The van der Waals surface area contributed by atoms with E-state index in [1.54, 1.807) is 0 Å². The van der Waals surface area contributed by atoms with Crippen molar-refractivity contribution in [3.8, 4) is 17.1 Å². The van der Waals surface area contributed by atoms with Gasteiger partial charge in [-0.3, -0.25) is 0 Å². The van der Waals surface area contributed by atoms with E-state index in [2.05, 4.69) is 35.9 Å². The molecule has 1 saturated carbocycles. The largest absolute Gasteiger partial charge is 0.494 e. The van der Waals surface area contributed by atoms with Gasteiger partial charge in [-0.2, -0.15) is 0 Å². The third-order valence-corrected chi connectivity index (χ3v) is 6.66. The van der Waals surface area contributed by atoms with Gasteiger partial charge in [0.1, 0.15) is 5.75 Å². The Morgan fingerprint density at radius 3 is 2.37 bits per heavy atom. The number of unbranched alkanes of at least 4 members (excludes halogenated alkanes) is 4. The Morgan fingerprint density at radius 2 is 1.63 bits per heavy atom. The van der Waals surface area contributed by atoms with Gasteiger partial charge in [-0.25, -0.2) is 9.97 Å². The third kappa shape index (κ3) is 7.41. The normalized spacial score (nSPS) is 19.0. The molecule has 1 aliphatic rings. The maximum absolute atomic E-state index is 5.97. The molecule has 0 spiro atoms. The molecular formula is C27H40N2O. The summed E-state index contributed by atoms with van der Waals surface area (Å²) in [5.74, 6) is 3.54. The number of nitrogens with zero attached hydrogens (tertiary/aromatic N) is 2. The zero-order chi connectivity index (χ0) is 21.0. The highest BCUT2D eigenvalue weighted by Gasteiger charge is 2.20. The minimum Gasteiger partial charge on any atom is -0.494 e. The first-order valence-corrected chi connectivity index (χ1v) is 12.3. The van der Waals surface area contributed by atoms with E-state index in [4.69, 9.17) is 4.74 Å². The fraction of sp³-hybridized carbons (Fsp3) is 0.630. The first-order chi connectivity index (χ1) is 14.8. The van der Waals surface area contributed by atoms with Gasteiger partial charge in [0, 0.05) is 18.0 Å². The summed E-state index contributed by atoms with van der Waals surface area (Å²) in [5.41, 5.74) is 2.29. The molecule has 2 unspecified atom stereocenters. The van der Waals surface area contributed by atoms with E-state index in [-0.39, 0.29) is 0 Å². The topological polar surface area (TPSA) is 35.0 Å². The van der Waals surface area contributed by atoms with Crippen LogP contribution < -0.4 is 4.74 Å². The summed E-state index contributed by atoms with van der Waals surface area (Å²) in [5, 5.41) is 0. The molecule has 3 nitrogen and oxygen atoms in total. The first kappa shape index (κ1) is 22.8. The number of rotatable bonds is 12. The van der Waals surface area contributed by atoms with Gasteiger partial charge in [0.2, 0.25) is 0 Å². The van der Waals surface area contributed by atoms with Crippen molar-refractivity contribution in [2.75, 3.05) is 6.61 Å². The molecule has 0 aliphatic heterocycles. The standard InChI is InChI=1S/C27H40N2O/c1-3-4-5-6-7-12-23-20-28-27(29-21-23)25-15-17-26(18-16-25)30-19-10-14-24-13-9-8-11-22(24)2/h15-18,20-22,24H,3-14,19H2,1-2H3. The van der Waals surface area contributed by atoms with Crippen molar-refractivity contribution in [3.63, 3.8) is 0 Å². The average molecular weight is 409 g/mol. The molecule has 3 rings (SSSR count). The number of aryl methyl sites for hydroxylation is 1. The number of aromatic nitrogens is 2. The van der Waals surface area contributed by atoms with Gasteiger partial charge in [0.15, 0.2) is 5.82 Å². The monoisotopic (exact) mass is 408 g/mol. The van der Waals surface area contributed by atoms with E-state index in [0.717, 1.165) is 48.4 Å². The lowest BCUT2D eigenvalue weighted by Gasteiger charge is -2.28. The second-order valence-corrected chi connectivity index (χ2v) is 9.12. The Morgan fingerprint density at radius 1 is 0.900 bits per heavy atom. The Labute approximate surface area is 183 Å².